The number of imidazole rings is 1. The van der Waals surface area contributed by atoms with Crippen molar-refractivity contribution in [2.24, 2.45) is 0 Å². The highest BCUT2D eigenvalue weighted by Crippen LogP contribution is 2.33. The number of nitrogens with zero attached hydrogens (tertiary/aromatic N) is 5. The van der Waals surface area contributed by atoms with Gasteiger partial charge in [0.1, 0.15) is 10.8 Å². The van der Waals surface area contributed by atoms with Crippen LogP contribution < -0.4 is 4.74 Å². The molecule has 1 N–H and O–H groups in total. The van der Waals surface area contributed by atoms with Crippen molar-refractivity contribution in [3.63, 3.8) is 0 Å². The molecule has 4 aromatic rings. The number of pyridine rings is 1. The first-order valence-corrected chi connectivity index (χ1v) is 11.9. The highest BCUT2D eigenvalue weighted by Gasteiger charge is 2.30. The molecule has 0 radical (unpaired) electrons. The predicted octanol–water partition coefficient (Wildman–Crippen LogP) is 3.89. The quantitative estimate of drug-likeness (QED) is 0.484. The average Bonchev–Trinajstić information content (AvgIpc) is 3.47. The number of rotatable bonds is 5. The van der Waals surface area contributed by atoms with Gasteiger partial charge in [-0.3, -0.25) is 9.69 Å². The zero-order valence-electron chi connectivity index (χ0n) is 18.7. The molecule has 1 aliphatic rings. The van der Waals surface area contributed by atoms with Gasteiger partial charge in [0.05, 0.1) is 42.7 Å². The van der Waals surface area contributed by atoms with Crippen LogP contribution in [0.1, 0.15) is 30.2 Å². The minimum atomic E-state index is -0.114. The first-order valence-electron chi connectivity index (χ1n) is 11.0. The van der Waals surface area contributed by atoms with Crippen LogP contribution in [0, 0.1) is 0 Å². The normalized spacial score (nSPS) is 17.3. The number of thiazole rings is 1. The van der Waals surface area contributed by atoms with E-state index in [4.69, 9.17) is 4.74 Å². The Balaban J connectivity index is 1.43. The molecule has 0 spiro atoms. The zero-order valence-corrected chi connectivity index (χ0v) is 19.5. The lowest BCUT2D eigenvalue weighted by Gasteiger charge is -2.27. The van der Waals surface area contributed by atoms with Crippen LogP contribution >= 0.6 is 11.3 Å². The molecular formula is C24H26N6O2S. The summed E-state index contributed by atoms with van der Waals surface area (Å²) in [5, 5.41) is 4.12. The van der Waals surface area contributed by atoms with Gasteiger partial charge in [-0.25, -0.2) is 15.0 Å². The molecule has 170 valence electrons. The lowest BCUT2D eigenvalue weighted by Crippen LogP contribution is -2.35. The molecule has 5 rings (SSSR count). The SMILES string of the molecule is COc1nc2ccccc2cc1-c1cnc(C2CCN(Cc3nccs3)CCN2C(C)=O)[nH]1. The maximum atomic E-state index is 12.5. The Labute approximate surface area is 196 Å². The van der Waals surface area contributed by atoms with E-state index in [1.54, 1.807) is 31.6 Å². The van der Waals surface area contributed by atoms with Gasteiger partial charge in [0, 0.05) is 43.5 Å². The van der Waals surface area contributed by atoms with Gasteiger partial charge in [-0.1, -0.05) is 18.2 Å². The highest BCUT2D eigenvalue weighted by molar-refractivity contribution is 7.09. The molecule has 1 fully saturated rings. The van der Waals surface area contributed by atoms with Crippen LogP contribution in [-0.4, -0.2) is 62.4 Å². The molecule has 0 aliphatic carbocycles. The molecule has 1 saturated heterocycles. The monoisotopic (exact) mass is 462 g/mol. The van der Waals surface area contributed by atoms with Crippen molar-refractivity contribution in [2.75, 3.05) is 26.7 Å². The number of fused-ring (bicyclic) bond motifs is 1. The molecule has 9 heteroatoms. The molecule has 3 aromatic heterocycles. The smallest absolute Gasteiger partial charge is 0.223 e. The lowest BCUT2D eigenvalue weighted by molar-refractivity contribution is -0.131. The van der Waals surface area contributed by atoms with Crippen LogP contribution in [0.2, 0.25) is 0 Å². The fourth-order valence-corrected chi connectivity index (χ4v) is 5.07. The number of amides is 1. The summed E-state index contributed by atoms with van der Waals surface area (Å²) in [4.78, 5) is 34.0. The summed E-state index contributed by atoms with van der Waals surface area (Å²) in [5.74, 6) is 1.38. The van der Waals surface area contributed by atoms with E-state index in [0.717, 1.165) is 59.0 Å². The largest absolute Gasteiger partial charge is 0.480 e. The van der Waals surface area contributed by atoms with E-state index in [1.165, 1.54) is 0 Å². The Morgan fingerprint density at radius 2 is 2.12 bits per heavy atom. The number of aromatic nitrogens is 4. The first kappa shape index (κ1) is 21.5. The van der Waals surface area contributed by atoms with Crippen molar-refractivity contribution in [1.29, 1.82) is 0 Å². The number of para-hydroxylation sites is 1. The van der Waals surface area contributed by atoms with Crippen molar-refractivity contribution in [1.82, 2.24) is 29.7 Å². The molecule has 0 saturated carbocycles. The number of carbonyl (C=O) groups excluding carboxylic acids is 1. The number of hydrogen-bond donors (Lipinski definition) is 1. The van der Waals surface area contributed by atoms with Crippen LogP contribution in [-0.2, 0) is 11.3 Å². The fourth-order valence-electron chi connectivity index (χ4n) is 4.41. The molecule has 1 aliphatic heterocycles. The zero-order chi connectivity index (χ0) is 22.8. The standard InChI is InChI=1S/C24H26N6O2S/c1-16(31)30-11-10-29(15-22-25-8-12-33-22)9-7-21(30)23-26-14-20(27-23)18-13-17-5-3-4-6-19(17)28-24(18)32-2/h3-6,8,12-14,21H,7,9-11,15H2,1-2H3,(H,26,27). The molecule has 4 heterocycles. The van der Waals surface area contributed by atoms with E-state index in [2.05, 4.69) is 30.9 Å². The van der Waals surface area contributed by atoms with Crippen LogP contribution in [0.3, 0.4) is 0 Å². The average molecular weight is 463 g/mol. The number of carbonyl (C=O) groups is 1. The maximum Gasteiger partial charge on any atom is 0.223 e. The molecule has 1 amide bonds. The first-order chi connectivity index (χ1) is 16.1. The van der Waals surface area contributed by atoms with Gasteiger partial charge < -0.3 is 14.6 Å². The second-order valence-corrected chi connectivity index (χ2v) is 9.12. The Hall–Kier alpha value is -3.30. The second-order valence-electron chi connectivity index (χ2n) is 8.14. The third kappa shape index (κ3) is 4.46. The molecular weight excluding hydrogens is 436 g/mol. The highest BCUT2D eigenvalue weighted by atomic mass is 32.1. The maximum absolute atomic E-state index is 12.5. The van der Waals surface area contributed by atoms with E-state index in [-0.39, 0.29) is 11.9 Å². The van der Waals surface area contributed by atoms with Crippen molar-refractivity contribution in [3.05, 3.63) is 58.9 Å². The Morgan fingerprint density at radius 3 is 2.91 bits per heavy atom. The Bertz CT molecular complexity index is 1260. The van der Waals surface area contributed by atoms with Crippen molar-refractivity contribution >= 4 is 28.1 Å². The van der Waals surface area contributed by atoms with Gasteiger partial charge >= 0.3 is 0 Å². The van der Waals surface area contributed by atoms with E-state index < -0.39 is 0 Å². The second kappa shape index (κ2) is 9.29. The van der Waals surface area contributed by atoms with Crippen molar-refractivity contribution < 1.29 is 9.53 Å². The Kier molecular flexibility index (Phi) is 6.06. The van der Waals surface area contributed by atoms with Crippen LogP contribution in [0.15, 0.2) is 48.1 Å². The van der Waals surface area contributed by atoms with Crippen LogP contribution in [0.25, 0.3) is 22.2 Å². The minimum absolute atomic E-state index is 0.0546. The van der Waals surface area contributed by atoms with Gasteiger partial charge in [-0.05, 0) is 18.6 Å². The molecule has 1 aromatic carbocycles. The van der Waals surface area contributed by atoms with Crippen LogP contribution in [0.5, 0.6) is 5.88 Å². The Morgan fingerprint density at radius 1 is 1.24 bits per heavy atom. The molecule has 1 unspecified atom stereocenters. The number of nitrogens with one attached hydrogen (secondary N) is 1. The van der Waals surface area contributed by atoms with Crippen molar-refractivity contribution in [3.8, 4) is 17.1 Å². The van der Waals surface area contributed by atoms with E-state index >= 15 is 0 Å². The summed E-state index contributed by atoms with van der Waals surface area (Å²) in [6.45, 7) is 4.77. The number of hydrogen-bond acceptors (Lipinski definition) is 7. The number of methoxy groups -OCH3 is 1. The third-order valence-electron chi connectivity index (χ3n) is 6.08. The summed E-state index contributed by atoms with van der Waals surface area (Å²) < 4.78 is 5.57. The summed E-state index contributed by atoms with van der Waals surface area (Å²) >= 11 is 1.66. The third-order valence-corrected chi connectivity index (χ3v) is 6.85. The van der Waals surface area contributed by atoms with E-state index in [0.29, 0.717) is 12.4 Å². The summed E-state index contributed by atoms with van der Waals surface area (Å²) in [6.07, 6.45) is 4.44. The number of benzene rings is 1. The van der Waals surface area contributed by atoms with Gasteiger partial charge in [0.2, 0.25) is 11.8 Å². The molecule has 0 bridgehead atoms. The molecule has 8 nitrogen and oxygen atoms in total. The minimum Gasteiger partial charge on any atom is -0.480 e. The fraction of sp³-hybridized carbons (Fsp3) is 0.333. The topological polar surface area (TPSA) is 87.2 Å². The van der Waals surface area contributed by atoms with Crippen LogP contribution in [0.4, 0.5) is 0 Å². The summed E-state index contributed by atoms with van der Waals surface area (Å²) in [6, 6.07) is 9.90. The van der Waals surface area contributed by atoms with E-state index in [1.807, 2.05) is 40.7 Å². The van der Waals surface area contributed by atoms with Gasteiger partial charge in [0.25, 0.3) is 0 Å². The van der Waals surface area contributed by atoms with Gasteiger partial charge in [-0.15, -0.1) is 11.3 Å². The number of ether oxygens (including phenoxy) is 1. The number of aromatic amines is 1. The summed E-state index contributed by atoms with van der Waals surface area (Å²) in [7, 11) is 1.62. The summed E-state index contributed by atoms with van der Waals surface area (Å²) in [5.41, 5.74) is 2.56. The van der Waals surface area contributed by atoms with E-state index in [9.17, 15) is 4.79 Å². The lowest BCUT2D eigenvalue weighted by atomic mass is 10.1. The molecule has 1 atom stereocenters. The molecule has 33 heavy (non-hydrogen) atoms. The van der Waals surface area contributed by atoms with Gasteiger partial charge in [-0.2, -0.15) is 0 Å². The van der Waals surface area contributed by atoms with Crippen molar-refractivity contribution in [2.45, 2.75) is 25.9 Å². The van der Waals surface area contributed by atoms with Gasteiger partial charge in [0.15, 0.2) is 0 Å². The number of H-pyrrole nitrogens is 1. The predicted molar refractivity (Wildman–Crippen MR) is 128 cm³/mol.